The highest BCUT2D eigenvalue weighted by atomic mass is 16.6. The molecule has 0 spiro atoms. The Morgan fingerprint density at radius 3 is 2.44 bits per heavy atom. The van der Waals surface area contributed by atoms with Gasteiger partial charge in [-0.1, -0.05) is 6.92 Å². The first kappa shape index (κ1) is 15.0. The Kier molecular flexibility index (Phi) is 5.17. The standard InChI is InChI=1S/C14H25NO3/c1-10(5-8-12(16)11-6-7-11)9-15-13(17)18-14(2,3)4/h10-11H,5-9H2,1-4H3,(H,15,17). The molecular weight excluding hydrogens is 230 g/mol. The van der Waals surface area contributed by atoms with Crippen molar-refractivity contribution in [3.05, 3.63) is 0 Å². The van der Waals surface area contributed by atoms with Crippen LogP contribution in [0.5, 0.6) is 0 Å². The molecule has 1 atom stereocenters. The van der Waals surface area contributed by atoms with Gasteiger partial charge in [0.1, 0.15) is 11.4 Å². The molecule has 0 aromatic carbocycles. The van der Waals surface area contributed by atoms with Crippen molar-refractivity contribution in [2.45, 2.75) is 59.0 Å². The second-order valence-corrected chi connectivity index (χ2v) is 6.27. The van der Waals surface area contributed by atoms with Gasteiger partial charge in [0.25, 0.3) is 0 Å². The number of hydrogen-bond acceptors (Lipinski definition) is 3. The van der Waals surface area contributed by atoms with Gasteiger partial charge < -0.3 is 10.1 Å². The Bertz CT molecular complexity index is 303. The van der Waals surface area contributed by atoms with Crippen LogP contribution in [0.15, 0.2) is 0 Å². The molecule has 0 bridgehead atoms. The van der Waals surface area contributed by atoms with Gasteiger partial charge in [-0.15, -0.1) is 0 Å². The summed E-state index contributed by atoms with van der Waals surface area (Å²) in [6.07, 6.45) is 3.24. The maximum Gasteiger partial charge on any atom is 0.407 e. The Morgan fingerprint density at radius 2 is 1.94 bits per heavy atom. The average Bonchev–Trinajstić information content (AvgIpc) is 3.04. The molecule has 1 aliphatic rings. The molecule has 1 amide bonds. The first-order valence-corrected chi connectivity index (χ1v) is 6.77. The number of hydrogen-bond donors (Lipinski definition) is 1. The van der Waals surface area contributed by atoms with Crippen molar-refractivity contribution in [1.82, 2.24) is 5.32 Å². The molecule has 1 aliphatic carbocycles. The van der Waals surface area contributed by atoms with Crippen molar-refractivity contribution in [1.29, 1.82) is 0 Å². The monoisotopic (exact) mass is 255 g/mol. The molecule has 4 heteroatoms. The number of alkyl carbamates (subject to hydrolysis) is 1. The molecule has 0 radical (unpaired) electrons. The summed E-state index contributed by atoms with van der Waals surface area (Å²) in [7, 11) is 0. The molecule has 1 saturated carbocycles. The van der Waals surface area contributed by atoms with Gasteiger partial charge in [-0.05, 0) is 46.0 Å². The van der Waals surface area contributed by atoms with E-state index >= 15 is 0 Å². The highest BCUT2D eigenvalue weighted by molar-refractivity contribution is 5.83. The van der Waals surface area contributed by atoms with Gasteiger partial charge in [0.15, 0.2) is 0 Å². The zero-order chi connectivity index (χ0) is 13.8. The number of amides is 1. The smallest absolute Gasteiger partial charge is 0.407 e. The maximum atomic E-state index is 11.5. The van der Waals surface area contributed by atoms with Gasteiger partial charge in [0, 0.05) is 18.9 Å². The number of ketones is 1. The second kappa shape index (κ2) is 6.21. The van der Waals surface area contributed by atoms with Gasteiger partial charge in [-0.3, -0.25) is 4.79 Å². The summed E-state index contributed by atoms with van der Waals surface area (Å²) in [4.78, 5) is 22.9. The summed E-state index contributed by atoms with van der Waals surface area (Å²) >= 11 is 0. The Labute approximate surface area is 109 Å². The number of rotatable bonds is 6. The van der Waals surface area contributed by atoms with E-state index in [9.17, 15) is 9.59 Å². The second-order valence-electron chi connectivity index (χ2n) is 6.27. The first-order valence-electron chi connectivity index (χ1n) is 6.77. The van der Waals surface area contributed by atoms with Crippen LogP contribution in [0, 0.1) is 11.8 Å². The lowest BCUT2D eigenvalue weighted by molar-refractivity contribution is -0.120. The molecule has 1 N–H and O–H groups in total. The van der Waals surface area contributed by atoms with E-state index in [2.05, 4.69) is 5.32 Å². The molecule has 0 aromatic heterocycles. The molecule has 18 heavy (non-hydrogen) atoms. The van der Waals surface area contributed by atoms with E-state index < -0.39 is 5.60 Å². The highest BCUT2D eigenvalue weighted by Crippen LogP contribution is 2.31. The first-order chi connectivity index (χ1) is 8.28. The molecule has 0 aromatic rings. The normalized spacial score (nSPS) is 17.1. The molecule has 0 saturated heterocycles. The maximum absolute atomic E-state index is 11.5. The van der Waals surface area contributed by atoms with Crippen LogP contribution in [-0.2, 0) is 9.53 Å². The predicted molar refractivity (Wildman–Crippen MR) is 70.4 cm³/mol. The largest absolute Gasteiger partial charge is 0.444 e. The van der Waals surface area contributed by atoms with Crippen LogP contribution in [0.1, 0.15) is 53.4 Å². The van der Waals surface area contributed by atoms with E-state index in [-0.39, 0.29) is 6.09 Å². The summed E-state index contributed by atoms with van der Waals surface area (Å²) in [5, 5.41) is 2.74. The van der Waals surface area contributed by atoms with Crippen molar-refractivity contribution in [2.24, 2.45) is 11.8 Å². The fraction of sp³-hybridized carbons (Fsp3) is 0.857. The summed E-state index contributed by atoms with van der Waals surface area (Å²) in [5.74, 6) is 1.04. The summed E-state index contributed by atoms with van der Waals surface area (Å²) in [6, 6.07) is 0. The zero-order valence-electron chi connectivity index (χ0n) is 11.9. The van der Waals surface area contributed by atoms with E-state index in [1.165, 1.54) is 0 Å². The third-order valence-electron chi connectivity index (χ3n) is 2.91. The molecule has 1 unspecified atom stereocenters. The lowest BCUT2D eigenvalue weighted by Gasteiger charge is -2.20. The topological polar surface area (TPSA) is 55.4 Å². The van der Waals surface area contributed by atoms with Gasteiger partial charge in [0.05, 0.1) is 0 Å². The van der Waals surface area contributed by atoms with Crippen molar-refractivity contribution >= 4 is 11.9 Å². The van der Waals surface area contributed by atoms with E-state index in [1.54, 1.807) is 0 Å². The van der Waals surface area contributed by atoms with Crippen molar-refractivity contribution < 1.29 is 14.3 Å². The summed E-state index contributed by atoms with van der Waals surface area (Å²) in [5.41, 5.74) is -0.463. The fourth-order valence-corrected chi connectivity index (χ4v) is 1.67. The number of carbonyl (C=O) groups is 2. The molecular formula is C14H25NO3. The molecule has 0 heterocycles. The van der Waals surface area contributed by atoms with Gasteiger partial charge in [-0.25, -0.2) is 4.79 Å². The van der Waals surface area contributed by atoms with E-state index in [4.69, 9.17) is 4.74 Å². The van der Waals surface area contributed by atoms with Gasteiger partial charge in [-0.2, -0.15) is 0 Å². The minimum Gasteiger partial charge on any atom is -0.444 e. The zero-order valence-corrected chi connectivity index (χ0v) is 11.9. The predicted octanol–water partition coefficient (Wildman–Crippen LogP) is 2.91. The minimum absolute atomic E-state index is 0.306. The van der Waals surface area contributed by atoms with E-state index in [0.29, 0.717) is 30.6 Å². The van der Waals surface area contributed by atoms with Crippen LogP contribution in [0.3, 0.4) is 0 Å². The van der Waals surface area contributed by atoms with E-state index in [1.807, 2.05) is 27.7 Å². The van der Waals surface area contributed by atoms with Crippen LogP contribution in [0.4, 0.5) is 4.79 Å². The highest BCUT2D eigenvalue weighted by Gasteiger charge is 2.29. The van der Waals surface area contributed by atoms with E-state index in [0.717, 1.165) is 19.3 Å². The van der Waals surface area contributed by atoms with Crippen LogP contribution < -0.4 is 5.32 Å². The average molecular weight is 255 g/mol. The van der Waals surface area contributed by atoms with Crippen LogP contribution in [0.2, 0.25) is 0 Å². The minimum atomic E-state index is -0.463. The Hall–Kier alpha value is -1.06. The summed E-state index contributed by atoms with van der Waals surface area (Å²) < 4.78 is 5.14. The van der Waals surface area contributed by atoms with Crippen LogP contribution >= 0.6 is 0 Å². The number of nitrogens with one attached hydrogen (secondary N) is 1. The molecule has 4 nitrogen and oxygen atoms in total. The molecule has 1 rings (SSSR count). The fourth-order valence-electron chi connectivity index (χ4n) is 1.67. The molecule has 104 valence electrons. The van der Waals surface area contributed by atoms with Crippen LogP contribution in [0.25, 0.3) is 0 Å². The number of Topliss-reactive ketones (excluding diaryl/α,β-unsaturated/α-hetero) is 1. The number of carbonyl (C=O) groups excluding carboxylic acids is 2. The quantitative estimate of drug-likeness (QED) is 0.794. The third-order valence-corrected chi connectivity index (χ3v) is 2.91. The Morgan fingerprint density at radius 1 is 1.33 bits per heavy atom. The van der Waals surface area contributed by atoms with Crippen molar-refractivity contribution in [2.75, 3.05) is 6.54 Å². The summed E-state index contributed by atoms with van der Waals surface area (Å²) in [6.45, 7) is 8.11. The van der Waals surface area contributed by atoms with Gasteiger partial charge in [0.2, 0.25) is 0 Å². The Balaban J connectivity index is 2.10. The van der Waals surface area contributed by atoms with Gasteiger partial charge >= 0.3 is 6.09 Å². The lowest BCUT2D eigenvalue weighted by atomic mass is 10.0. The third kappa shape index (κ3) is 6.62. The SMILES string of the molecule is CC(CCC(=O)C1CC1)CNC(=O)OC(C)(C)C. The lowest BCUT2D eigenvalue weighted by Crippen LogP contribution is -2.34. The van der Waals surface area contributed by atoms with Crippen molar-refractivity contribution in [3.63, 3.8) is 0 Å². The number of ether oxygens (including phenoxy) is 1. The van der Waals surface area contributed by atoms with Crippen LogP contribution in [-0.4, -0.2) is 24.0 Å². The molecule has 1 fully saturated rings. The molecule has 0 aliphatic heterocycles. The van der Waals surface area contributed by atoms with Crippen molar-refractivity contribution in [3.8, 4) is 0 Å².